The van der Waals surface area contributed by atoms with E-state index in [0.717, 1.165) is 11.1 Å². The number of amides is 1. The van der Waals surface area contributed by atoms with E-state index < -0.39 is 10.0 Å². The molecule has 2 aromatic carbocycles. The van der Waals surface area contributed by atoms with Crippen molar-refractivity contribution < 1.29 is 17.6 Å². The number of fused-ring (bicyclic) bond motifs is 1. The third kappa shape index (κ3) is 4.27. The monoisotopic (exact) mass is 475 g/mol. The molecular weight excluding hydrogens is 450 g/mol. The minimum Gasteiger partial charge on any atom is -0.440 e. The maximum atomic E-state index is 13.2. The zero-order valence-corrected chi connectivity index (χ0v) is 19.9. The topological polar surface area (TPSA) is 83.7 Å². The average molecular weight is 476 g/mol. The fraction of sp³-hybridized carbons (Fsp3) is 0.391. The van der Waals surface area contributed by atoms with Gasteiger partial charge >= 0.3 is 0 Å². The molecule has 4 rings (SSSR count). The van der Waals surface area contributed by atoms with Crippen LogP contribution in [-0.4, -0.2) is 54.7 Å². The smallest absolute Gasteiger partial charge is 0.255 e. The molecule has 2 heterocycles. The van der Waals surface area contributed by atoms with Crippen LogP contribution in [0.4, 0.5) is 0 Å². The van der Waals surface area contributed by atoms with Crippen molar-refractivity contribution in [1.82, 2.24) is 14.2 Å². The molecule has 9 heteroatoms. The highest BCUT2D eigenvalue weighted by Crippen LogP contribution is 2.31. The molecule has 1 amide bonds. The molecule has 0 saturated carbocycles. The van der Waals surface area contributed by atoms with Gasteiger partial charge in [0.25, 0.3) is 5.91 Å². The first-order valence-corrected chi connectivity index (χ1v) is 12.4. The number of hydrogen-bond acceptors (Lipinski definition) is 5. The van der Waals surface area contributed by atoms with Crippen LogP contribution in [0.5, 0.6) is 0 Å². The van der Waals surface area contributed by atoms with Crippen LogP contribution >= 0.6 is 11.6 Å². The summed E-state index contributed by atoms with van der Waals surface area (Å²) in [6.45, 7) is 4.62. The van der Waals surface area contributed by atoms with Gasteiger partial charge in [-0.05, 0) is 57.0 Å². The Labute approximate surface area is 193 Å². The molecule has 0 aliphatic carbocycles. The molecule has 0 spiro atoms. The summed E-state index contributed by atoms with van der Waals surface area (Å²) in [6.07, 6.45) is 1.43. The third-order valence-electron chi connectivity index (χ3n) is 6.01. The number of benzene rings is 2. The summed E-state index contributed by atoms with van der Waals surface area (Å²) in [6, 6.07) is 11.7. The van der Waals surface area contributed by atoms with E-state index in [1.165, 1.54) is 29.6 Å². The van der Waals surface area contributed by atoms with Gasteiger partial charge in [-0.3, -0.25) is 4.79 Å². The Bertz CT molecular complexity index is 1210. The molecule has 7 nitrogen and oxygen atoms in total. The Morgan fingerprint density at radius 1 is 1.19 bits per heavy atom. The second-order valence-electron chi connectivity index (χ2n) is 8.34. The van der Waals surface area contributed by atoms with E-state index in [-0.39, 0.29) is 33.3 Å². The van der Waals surface area contributed by atoms with Crippen molar-refractivity contribution in [3.05, 3.63) is 58.9 Å². The fourth-order valence-electron chi connectivity index (χ4n) is 3.84. The molecule has 1 fully saturated rings. The minimum atomic E-state index is -3.72. The summed E-state index contributed by atoms with van der Waals surface area (Å²) in [5.41, 5.74) is 1.79. The Morgan fingerprint density at radius 2 is 1.88 bits per heavy atom. The normalized spacial score (nSPS) is 15.8. The van der Waals surface area contributed by atoms with Crippen LogP contribution in [0.2, 0.25) is 5.02 Å². The number of aromatic nitrogens is 1. The number of likely N-dealkylation sites (tertiary alicyclic amines) is 1. The van der Waals surface area contributed by atoms with Gasteiger partial charge in [0, 0.05) is 32.1 Å². The zero-order valence-electron chi connectivity index (χ0n) is 18.3. The highest BCUT2D eigenvalue weighted by molar-refractivity contribution is 7.89. The van der Waals surface area contributed by atoms with Gasteiger partial charge in [-0.1, -0.05) is 23.7 Å². The molecule has 0 radical (unpaired) electrons. The summed E-state index contributed by atoms with van der Waals surface area (Å²) < 4.78 is 32.9. The number of oxazole rings is 1. The standard InChI is InChI=1S/C23H26ClN3O4S/c1-15(2)26(3)32(29,30)17-8-9-19(24)18(14-17)23(28)27-12-10-16(11-13-27)22-25-20-6-4-5-7-21(20)31-22/h4-9,14-16H,10-13H2,1-3H3. The van der Waals surface area contributed by atoms with Crippen LogP contribution < -0.4 is 0 Å². The number of halogens is 1. The van der Waals surface area contributed by atoms with Gasteiger partial charge in [-0.25, -0.2) is 13.4 Å². The van der Waals surface area contributed by atoms with Gasteiger partial charge in [-0.15, -0.1) is 0 Å². The molecule has 1 aliphatic heterocycles. The van der Waals surface area contributed by atoms with Gasteiger partial charge in [0.15, 0.2) is 11.5 Å². The minimum absolute atomic E-state index is 0.0582. The van der Waals surface area contributed by atoms with Crippen LogP contribution in [0.25, 0.3) is 11.1 Å². The number of hydrogen-bond donors (Lipinski definition) is 0. The summed E-state index contributed by atoms with van der Waals surface area (Å²) in [5, 5.41) is 0.238. The average Bonchev–Trinajstić information content (AvgIpc) is 3.22. The number of para-hydroxylation sites is 2. The van der Waals surface area contributed by atoms with Gasteiger partial charge in [0.1, 0.15) is 5.52 Å². The van der Waals surface area contributed by atoms with E-state index in [0.29, 0.717) is 31.8 Å². The van der Waals surface area contributed by atoms with Crippen LogP contribution in [0.1, 0.15) is 48.9 Å². The number of sulfonamides is 1. The molecule has 1 aromatic heterocycles. The Morgan fingerprint density at radius 3 is 2.53 bits per heavy atom. The first-order chi connectivity index (χ1) is 15.2. The summed E-state index contributed by atoms with van der Waals surface area (Å²) in [4.78, 5) is 19.5. The molecule has 32 heavy (non-hydrogen) atoms. The van der Waals surface area contributed by atoms with E-state index in [4.69, 9.17) is 16.0 Å². The van der Waals surface area contributed by atoms with Crippen molar-refractivity contribution >= 4 is 38.6 Å². The Kier molecular flexibility index (Phi) is 6.29. The van der Waals surface area contributed by atoms with Crippen molar-refractivity contribution in [1.29, 1.82) is 0 Å². The van der Waals surface area contributed by atoms with Crippen LogP contribution in [-0.2, 0) is 10.0 Å². The van der Waals surface area contributed by atoms with Crippen molar-refractivity contribution in [3.8, 4) is 0 Å². The molecule has 0 atom stereocenters. The number of piperidine rings is 1. The summed E-state index contributed by atoms with van der Waals surface area (Å²) in [5.74, 6) is 0.560. The van der Waals surface area contributed by atoms with Gasteiger partial charge in [0.2, 0.25) is 10.0 Å². The van der Waals surface area contributed by atoms with Crippen LogP contribution in [0, 0.1) is 0 Å². The molecule has 0 N–H and O–H groups in total. The predicted octanol–water partition coefficient (Wildman–Crippen LogP) is 4.53. The molecule has 170 valence electrons. The van der Waals surface area contributed by atoms with Crippen molar-refractivity contribution in [3.63, 3.8) is 0 Å². The fourth-order valence-corrected chi connectivity index (χ4v) is 5.43. The lowest BCUT2D eigenvalue weighted by molar-refractivity contribution is 0.0706. The molecule has 0 unspecified atom stereocenters. The van der Waals surface area contributed by atoms with Crippen LogP contribution in [0.15, 0.2) is 51.8 Å². The van der Waals surface area contributed by atoms with E-state index in [1.54, 1.807) is 18.7 Å². The third-order valence-corrected chi connectivity index (χ3v) is 8.37. The quantitative estimate of drug-likeness (QED) is 0.541. The first-order valence-electron chi connectivity index (χ1n) is 10.6. The van der Waals surface area contributed by atoms with Crippen LogP contribution in [0.3, 0.4) is 0 Å². The van der Waals surface area contributed by atoms with Crippen molar-refractivity contribution in [2.24, 2.45) is 0 Å². The largest absolute Gasteiger partial charge is 0.440 e. The van der Waals surface area contributed by atoms with Gasteiger partial charge in [0.05, 0.1) is 15.5 Å². The second-order valence-corrected chi connectivity index (χ2v) is 10.7. The molecule has 3 aromatic rings. The first kappa shape index (κ1) is 22.8. The van der Waals surface area contributed by atoms with Gasteiger partial charge < -0.3 is 9.32 Å². The summed E-state index contributed by atoms with van der Waals surface area (Å²) in [7, 11) is -2.20. The lowest BCUT2D eigenvalue weighted by Crippen LogP contribution is -2.38. The lowest BCUT2D eigenvalue weighted by Gasteiger charge is -2.31. The molecule has 1 aliphatic rings. The van der Waals surface area contributed by atoms with Crippen molar-refractivity contribution in [2.45, 2.75) is 43.5 Å². The second kappa shape index (κ2) is 8.84. The lowest BCUT2D eigenvalue weighted by atomic mass is 9.96. The zero-order chi connectivity index (χ0) is 23.0. The van der Waals surface area contributed by atoms with E-state index in [2.05, 4.69) is 4.98 Å². The number of carbonyl (C=O) groups is 1. The molecule has 0 bridgehead atoms. The molecule has 1 saturated heterocycles. The highest BCUT2D eigenvalue weighted by Gasteiger charge is 2.30. The van der Waals surface area contributed by atoms with Gasteiger partial charge in [-0.2, -0.15) is 4.31 Å². The van der Waals surface area contributed by atoms with E-state index in [9.17, 15) is 13.2 Å². The predicted molar refractivity (Wildman–Crippen MR) is 123 cm³/mol. The summed E-state index contributed by atoms with van der Waals surface area (Å²) >= 11 is 6.29. The van der Waals surface area contributed by atoms with E-state index >= 15 is 0 Å². The number of nitrogens with zero attached hydrogens (tertiary/aromatic N) is 3. The number of rotatable bonds is 5. The Balaban J connectivity index is 1.50. The van der Waals surface area contributed by atoms with E-state index in [1.807, 2.05) is 24.3 Å². The molecular formula is C23H26ClN3O4S. The van der Waals surface area contributed by atoms with Crippen molar-refractivity contribution in [2.75, 3.05) is 20.1 Å². The SMILES string of the molecule is CC(C)N(C)S(=O)(=O)c1ccc(Cl)c(C(=O)N2CCC(c3nc4ccccc4o3)CC2)c1. The maximum absolute atomic E-state index is 13.2. The highest BCUT2D eigenvalue weighted by atomic mass is 35.5. The Hall–Kier alpha value is -2.42. The number of carbonyl (C=O) groups excluding carboxylic acids is 1. The maximum Gasteiger partial charge on any atom is 0.255 e.